The van der Waals surface area contributed by atoms with E-state index in [0.717, 1.165) is 0 Å². The van der Waals surface area contributed by atoms with Crippen LogP contribution in [-0.4, -0.2) is 23.6 Å². The number of nitrogens with one attached hydrogen (secondary N) is 1. The SMILES string of the molecule is CCC(C)(C)C(=O)NOCC(=O)O. The van der Waals surface area contributed by atoms with Gasteiger partial charge in [-0.15, -0.1) is 0 Å². The number of hydrogen-bond acceptors (Lipinski definition) is 3. The van der Waals surface area contributed by atoms with Gasteiger partial charge in [-0.2, -0.15) is 0 Å². The molecular weight excluding hydrogens is 174 g/mol. The molecular formula is C8H15NO4. The molecule has 5 heteroatoms. The quantitative estimate of drug-likeness (QED) is 0.619. The third kappa shape index (κ3) is 4.47. The Morgan fingerprint density at radius 2 is 2.00 bits per heavy atom. The number of carboxylic acids is 1. The van der Waals surface area contributed by atoms with Crippen LogP contribution >= 0.6 is 0 Å². The molecule has 0 fully saturated rings. The second-order valence-electron chi connectivity index (χ2n) is 3.35. The predicted molar refractivity (Wildman–Crippen MR) is 45.8 cm³/mol. The van der Waals surface area contributed by atoms with E-state index >= 15 is 0 Å². The van der Waals surface area contributed by atoms with E-state index in [1.165, 1.54) is 0 Å². The Bertz CT molecular complexity index is 200. The van der Waals surface area contributed by atoms with Gasteiger partial charge >= 0.3 is 5.97 Å². The van der Waals surface area contributed by atoms with Crippen LogP contribution < -0.4 is 5.48 Å². The van der Waals surface area contributed by atoms with Gasteiger partial charge in [0.2, 0.25) is 5.91 Å². The van der Waals surface area contributed by atoms with Crippen LogP contribution in [0, 0.1) is 5.41 Å². The normalized spacial score (nSPS) is 11.0. The van der Waals surface area contributed by atoms with Crippen LogP contribution in [0.15, 0.2) is 0 Å². The van der Waals surface area contributed by atoms with Gasteiger partial charge in [0, 0.05) is 5.41 Å². The van der Waals surface area contributed by atoms with Gasteiger partial charge in [0.25, 0.3) is 0 Å². The van der Waals surface area contributed by atoms with Gasteiger partial charge < -0.3 is 5.11 Å². The molecule has 76 valence electrons. The van der Waals surface area contributed by atoms with Crippen molar-refractivity contribution in [2.45, 2.75) is 27.2 Å². The summed E-state index contributed by atoms with van der Waals surface area (Å²) in [7, 11) is 0. The zero-order chi connectivity index (χ0) is 10.5. The van der Waals surface area contributed by atoms with E-state index in [9.17, 15) is 9.59 Å². The van der Waals surface area contributed by atoms with E-state index in [1.54, 1.807) is 13.8 Å². The molecule has 13 heavy (non-hydrogen) atoms. The zero-order valence-electron chi connectivity index (χ0n) is 8.09. The van der Waals surface area contributed by atoms with Gasteiger partial charge in [0.05, 0.1) is 0 Å². The number of rotatable bonds is 5. The third-order valence-electron chi connectivity index (χ3n) is 1.86. The summed E-state index contributed by atoms with van der Waals surface area (Å²) in [4.78, 5) is 25.7. The number of amides is 1. The molecule has 0 saturated carbocycles. The lowest BCUT2D eigenvalue weighted by Gasteiger charge is -2.20. The van der Waals surface area contributed by atoms with Crippen molar-refractivity contribution in [3.63, 3.8) is 0 Å². The van der Waals surface area contributed by atoms with E-state index in [4.69, 9.17) is 5.11 Å². The lowest BCUT2D eigenvalue weighted by atomic mass is 9.90. The minimum atomic E-state index is -1.12. The van der Waals surface area contributed by atoms with Gasteiger partial charge in [-0.1, -0.05) is 20.8 Å². The number of carbonyl (C=O) groups excluding carboxylic acids is 1. The highest BCUT2D eigenvalue weighted by molar-refractivity contribution is 5.80. The number of carbonyl (C=O) groups is 2. The van der Waals surface area contributed by atoms with Crippen LogP contribution in [-0.2, 0) is 14.4 Å². The van der Waals surface area contributed by atoms with Crippen molar-refractivity contribution in [2.75, 3.05) is 6.61 Å². The summed E-state index contributed by atoms with van der Waals surface area (Å²) in [5, 5.41) is 8.21. The average molecular weight is 189 g/mol. The molecule has 0 heterocycles. The Kier molecular flexibility index (Phi) is 4.40. The van der Waals surface area contributed by atoms with E-state index < -0.39 is 18.0 Å². The van der Waals surface area contributed by atoms with Crippen LogP contribution in [0.3, 0.4) is 0 Å². The highest BCUT2D eigenvalue weighted by Gasteiger charge is 2.25. The summed E-state index contributed by atoms with van der Waals surface area (Å²) in [5.41, 5.74) is 1.56. The maximum atomic E-state index is 11.2. The maximum Gasteiger partial charge on any atom is 0.332 e. The zero-order valence-corrected chi connectivity index (χ0v) is 8.09. The molecule has 0 aliphatic carbocycles. The van der Waals surface area contributed by atoms with E-state index in [2.05, 4.69) is 10.3 Å². The van der Waals surface area contributed by atoms with Gasteiger partial charge in [-0.25, -0.2) is 10.3 Å². The molecule has 0 aromatic rings. The van der Waals surface area contributed by atoms with Crippen molar-refractivity contribution < 1.29 is 19.5 Å². The average Bonchev–Trinajstić information content (AvgIpc) is 2.03. The highest BCUT2D eigenvalue weighted by atomic mass is 16.7. The Morgan fingerprint density at radius 1 is 1.46 bits per heavy atom. The maximum absolute atomic E-state index is 11.2. The molecule has 0 rings (SSSR count). The molecule has 1 amide bonds. The predicted octanol–water partition coefficient (Wildman–Crippen LogP) is 0.555. The van der Waals surface area contributed by atoms with Gasteiger partial charge in [-0.05, 0) is 6.42 Å². The minimum Gasteiger partial charge on any atom is -0.479 e. The van der Waals surface area contributed by atoms with Crippen LogP contribution in [0.5, 0.6) is 0 Å². The monoisotopic (exact) mass is 189 g/mol. The molecule has 0 aliphatic heterocycles. The van der Waals surface area contributed by atoms with Crippen molar-refractivity contribution in [3.05, 3.63) is 0 Å². The van der Waals surface area contributed by atoms with E-state index in [1.807, 2.05) is 6.92 Å². The topological polar surface area (TPSA) is 75.6 Å². The first-order valence-corrected chi connectivity index (χ1v) is 4.04. The molecule has 0 atom stereocenters. The second kappa shape index (κ2) is 4.81. The van der Waals surface area contributed by atoms with Gasteiger partial charge in [-0.3, -0.25) is 9.63 Å². The first-order valence-electron chi connectivity index (χ1n) is 4.04. The minimum absolute atomic E-state index is 0.309. The van der Waals surface area contributed by atoms with E-state index in [-0.39, 0.29) is 5.91 Å². The number of hydroxylamine groups is 1. The summed E-state index contributed by atoms with van der Waals surface area (Å²) >= 11 is 0. The number of hydrogen-bond donors (Lipinski definition) is 2. The molecule has 0 unspecified atom stereocenters. The fraction of sp³-hybridized carbons (Fsp3) is 0.750. The van der Waals surface area contributed by atoms with Crippen molar-refractivity contribution in [1.29, 1.82) is 0 Å². The number of aliphatic carboxylic acids is 1. The molecule has 0 aromatic heterocycles. The van der Waals surface area contributed by atoms with Crippen molar-refractivity contribution in [1.82, 2.24) is 5.48 Å². The fourth-order valence-corrected chi connectivity index (χ4v) is 0.462. The summed E-state index contributed by atoms with van der Waals surface area (Å²) in [6, 6.07) is 0. The molecule has 0 aromatic carbocycles. The highest BCUT2D eigenvalue weighted by Crippen LogP contribution is 2.19. The third-order valence-corrected chi connectivity index (χ3v) is 1.86. The van der Waals surface area contributed by atoms with Crippen LogP contribution in [0.1, 0.15) is 27.2 Å². The molecule has 0 bridgehead atoms. The first kappa shape index (κ1) is 11.9. The van der Waals surface area contributed by atoms with E-state index in [0.29, 0.717) is 6.42 Å². The number of carboxylic acid groups (broad SMARTS) is 1. The molecule has 0 saturated heterocycles. The molecule has 0 spiro atoms. The summed E-state index contributed by atoms with van der Waals surface area (Å²) < 4.78 is 0. The Morgan fingerprint density at radius 3 is 2.38 bits per heavy atom. The van der Waals surface area contributed by atoms with Crippen LogP contribution in [0.2, 0.25) is 0 Å². The van der Waals surface area contributed by atoms with Crippen molar-refractivity contribution >= 4 is 11.9 Å². The standard InChI is InChI=1S/C8H15NO4/c1-4-8(2,3)7(12)9-13-5-6(10)11/h4-5H2,1-3H3,(H,9,12)(H,10,11). The van der Waals surface area contributed by atoms with Crippen LogP contribution in [0.4, 0.5) is 0 Å². The largest absolute Gasteiger partial charge is 0.479 e. The lowest BCUT2D eigenvalue weighted by molar-refractivity contribution is -0.152. The van der Waals surface area contributed by atoms with Crippen LogP contribution in [0.25, 0.3) is 0 Å². The molecule has 0 radical (unpaired) electrons. The first-order chi connectivity index (χ1) is 5.90. The summed E-state index contributed by atoms with van der Waals surface area (Å²) in [5.74, 6) is -1.43. The Balaban J connectivity index is 3.81. The Hall–Kier alpha value is -1.10. The summed E-state index contributed by atoms with van der Waals surface area (Å²) in [6.45, 7) is 4.86. The van der Waals surface area contributed by atoms with Crippen molar-refractivity contribution in [2.24, 2.45) is 5.41 Å². The van der Waals surface area contributed by atoms with Crippen molar-refractivity contribution in [3.8, 4) is 0 Å². The smallest absolute Gasteiger partial charge is 0.332 e. The molecule has 5 nitrogen and oxygen atoms in total. The van der Waals surface area contributed by atoms with Gasteiger partial charge in [0.15, 0.2) is 6.61 Å². The lowest BCUT2D eigenvalue weighted by Crippen LogP contribution is -2.37. The summed E-state index contributed by atoms with van der Waals surface area (Å²) in [6.07, 6.45) is 0.662. The second-order valence-corrected chi connectivity index (χ2v) is 3.35. The fourth-order valence-electron chi connectivity index (χ4n) is 0.462. The molecule has 2 N–H and O–H groups in total. The van der Waals surface area contributed by atoms with Gasteiger partial charge in [0.1, 0.15) is 0 Å². The molecule has 0 aliphatic rings. The Labute approximate surface area is 77.0 Å².